The predicted molar refractivity (Wildman–Crippen MR) is 240 cm³/mol. The highest BCUT2D eigenvalue weighted by molar-refractivity contribution is 5.87. The lowest BCUT2D eigenvalue weighted by molar-refractivity contribution is 0.483. The summed E-state index contributed by atoms with van der Waals surface area (Å²) in [5, 5.41) is 0. The molecule has 57 heavy (non-hydrogen) atoms. The Morgan fingerprint density at radius 1 is 0.509 bits per heavy atom. The van der Waals surface area contributed by atoms with Gasteiger partial charge in [0.15, 0.2) is 0 Å². The molecule has 1 aliphatic heterocycles. The first-order valence-electron chi connectivity index (χ1n) is 19.9. The summed E-state index contributed by atoms with van der Waals surface area (Å²) >= 11 is 0. The van der Waals surface area contributed by atoms with Crippen LogP contribution in [0, 0.1) is 13.8 Å². The lowest BCUT2D eigenvalue weighted by Crippen LogP contribution is -2.24. The van der Waals surface area contributed by atoms with Crippen LogP contribution < -0.4 is 19.4 Å². The van der Waals surface area contributed by atoms with Crippen LogP contribution in [0.25, 0.3) is 11.1 Å². The topological polar surface area (TPSA) is 31.8 Å². The van der Waals surface area contributed by atoms with Crippen molar-refractivity contribution in [2.75, 3.05) is 21.4 Å². The van der Waals surface area contributed by atoms with E-state index in [1.807, 2.05) is 24.4 Å². The van der Waals surface area contributed by atoms with E-state index in [-0.39, 0.29) is 10.8 Å². The molecular formula is C52H52N4O. The molecule has 1 aromatic heterocycles. The highest BCUT2D eigenvalue weighted by Crippen LogP contribution is 2.45. The normalized spacial score (nSPS) is 12.8. The fourth-order valence-corrected chi connectivity index (χ4v) is 7.67. The summed E-state index contributed by atoms with van der Waals surface area (Å²) in [7, 11) is 0. The number of benzene rings is 6. The van der Waals surface area contributed by atoms with E-state index in [0.29, 0.717) is 6.67 Å². The molecule has 0 fully saturated rings. The van der Waals surface area contributed by atoms with Crippen molar-refractivity contribution >= 4 is 39.9 Å². The zero-order valence-corrected chi connectivity index (χ0v) is 34.4. The van der Waals surface area contributed by atoms with Gasteiger partial charge in [-0.05, 0) is 131 Å². The first kappa shape index (κ1) is 37.6. The zero-order chi connectivity index (χ0) is 39.9. The fraction of sp³-hybridized carbons (Fsp3) is 0.212. The van der Waals surface area contributed by atoms with Crippen LogP contribution in [0.4, 0.5) is 39.9 Å². The number of aryl methyl sites for hydroxylation is 2. The predicted octanol–water partition coefficient (Wildman–Crippen LogP) is 14.5. The summed E-state index contributed by atoms with van der Waals surface area (Å²) in [4.78, 5) is 11.9. The minimum atomic E-state index is 0.0157. The van der Waals surface area contributed by atoms with Gasteiger partial charge in [-0.2, -0.15) is 0 Å². The maximum Gasteiger partial charge on any atom is 0.138 e. The summed E-state index contributed by atoms with van der Waals surface area (Å²) in [6.07, 6.45) is 1.92. The Kier molecular flexibility index (Phi) is 9.87. The molecule has 286 valence electrons. The van der Waals surface area contributed by atoms with Crippen LogP contribution in [0.3, 0.4) is 0 Å². The second-order valence-electron chi connectivity index (χ2n) is 17.3. The van der Waals surface area contributed by atoms with Crippen LogP contribution in [0.5, 0.6) is 11.5 Å². The Labute approximate surface area is 338 Å². The lowest BCUT2D eigenvalue weighted by atomic mass is 9.79. The smallest absolute Gasteiger partial charge is 0.138 e. The molecule has 0 atom stereocenters. The Hall–Kier alpha value is -6.33. The number of para-hydroxylation sites is 3. The molecule has 8 rings (SSSR count). The maximum absolute atomic E-state index is 6.67. The van der Waals surface area contributed by atoms with Crippen LogP contribution in [0.15, 0.2) is 158 Å². The van der Waals surface area contributed by atoms with Gasteiger partial charge in [0.1, 0.15) is 24.0 Å². The molecule has 0 N–H and O–H groups in total. The van der Waals surface area contributed by atoms with Gasteiger partial charge in [0.2, 0.25) is 0 Å². The number of hydrogen-bond donors (Lipinski definition) is 0. The molecule has 0 amide bonds. The Balaban J connectivity index is 1.12. The number of fused-ring (bicyclic) bond motifs is 1. The molecule has 5 heteroatoms. The van der Waals surface area contributed by atoms with Gasteiger partial charge >= 0.3 is 0 Å². The van der Waals surface area contributed by atoms with E-state index in [9.17, 15) is 0 Å². The highest BCUT2D eigenvalue weighted by Gasteiger charge is 2.28. The largest absolute Gasteiger partial charge is 0.457 e. The molecule has 0 aliphatic carbocycles. The van der Waals surface area contributed by atoms with Crippen LogP contribution in [0.2, 0.25) is 0 Å². The number of nitrogens with zero attached hydrogens (tertiary/aromatic N) is 4. The van der Waals surface area contributed by atoms with Crippen LogP contribution in [-0.2, 0) is 10.8 Å². The van der Waals surface area contributed by atoms with Gasteiger partial charge in [-0.25, -0.2) is 4.98 Å². The molecule has 0 saturated heterocycles. The van der Waals surface area contributed by atoms with E-state index in [0.717, 1.165) is 39.9 Å². The Morgan fingerprint density at radius 2 is 1.09 bits per heavy atom. The van der Waals surface area contributed by atoms with Crippen molar-refractivity contribution in [3.05, 3.63) is 180 Å². The molecule has 7 aromatic rings. The molecular weight excluding hydrogens is 697 g/mol. The number of ether oxygens (including phenoxy) is 1. The number of pyridine rings is 1. The molecule has 5 nitrogen and oxygen atoms in total. The highest BCUT2D eigenvalue weighted by atomic mass is 16.5. The summed E-state index contributed by atoms with van der Waals surface area (Å²) in [6, 6.07) is 53.8. The Morgan fingerprint density at radius 3 is 1.74 bits per heavy atom. The van der Waals surface area contributed by atoms with E-state index in [1.165, 1.54) is 44.9 Å². The zero-order valence-electron chi connectivity index (χ0n) is 34.4. The molecule has 2 heterocycles. The number of aromatic nitrogens is 1. The van der Waals surface area contributed by atoms with Crippen molar-refractivity contribution in [1.82, 2.24) is 4.98 Å². The second-order valence-corrected chi connectivity index (χ2v) is 17.3. The van der Waals surface area contributed by atoms with Crippen LogP contribution in [-0.4, -0.2) is 11.7 Å². The van der Waals surface area contributed by atoms with E-state index < -0.39 is 0 Å². The minimum Gasteiger partial charge on any atom is -0.457 e. The van der Waals surface area contributed by atoms with Gasteiger partial charge in [0.25, 0.3) is 0 Å². The molecule has 0 spiro atoms. The molecule has 0 unspecified atom stereocenters. The third kappa shape index (κ3) is 8.01. The second kappa shape index (κ2) is 15.0. The van der Waals surface area contributed by atoms with Crippen molar-refractivity contribution in [3.63, 3.8) is 0 Å². The first-order chi connectivity index (χ1) is 27.3. The van der Waals surface area contributed by atoms with Crippen molar-refractivity contribution in [2.24, 2.45) is 0 Å². The third-order valence-corrected chi connectivity index (χ3v) is 10.7. The number of anilines is 7. The summed E-state index contributed by atoms with van der Waals surface area (Å²) in [5.74, 6) is 2.34. The van der Waals surface area contributed by atoms with E-state index >= 15 is 0 Å². The van der Waals surface area contributed by atoms with Gasteiger partial charge in [-0.3, -0.25) is 4.90 Å². The average Bonchev–Trinajstić information content (AvgIpc) is 3.58. The SMILES string of the molecule is Cc1cc(C)cc(N2CN(c3cccc(Oc4cccc(N(c5ccccc5)c5cc(-c6cc(C(C)(C)C)cc(C(C)(C)C)c6)ccn5)c4)c3)c3ccccc32)c1. The summed E-state index contributed by atoms with van der Waals surface area (Å²) < 4.78 is 6.67. The van der Waals surface area contributed by atoms with Crippen LogP contribution in [0.1, 0.15) is 63.8 Å². The van der Waals surface area contributed by atoms with E-state index in [2.05, 4.69) is 204 Å². The van der Waals surface area contributed by atoms with Crippen LogP contribution >= 0.6 is 0 Å². The molecule has 6 aromatic carbocycles. The number of hydrogen-bond acceptors (Lipinski definition) is 5. The maximum atomic E-state index is 6.67. The minimum absolute atomic E-state index is 0.0157. The Bertz CT molecular complexity index is 2490. The average molecular weight is 749 g/mol. The van der Waals surface area contributed by atoms with Crippen molar-refractivity contribution in [1.29, 1.82) is 0 Å². The van der Waals surface area contributed by atoms with Crippen molar-refractivity contribution < 1.29 is 4.74 Å². The summed E-state index contributed by atoms with van der Waals surface area (Å²) in [5.41, 5.74) is 14.1. The molecule has 0 radical (unpaired) electrons. The monoisotopic (exact) mass is 748 g/mol. The van der Waals surface area contributed by atoms with Gasteiger partial charge in [-0.1, -0.05) is 108 Å². The molecule has 0 saturated carbocycles. The van der Waals surface area contributed by atoms with Crippen molar-refractivity contribution in [3.8, 4) is 22.6 Å². The quantitative estimate of drug-likeness (QED) is 0.154. The third-order valence-electron chi connectivity index (χ3n) is 10.7. The van der Waals surface area contributed by atoms with E-state index in [1.54, 1.807) is 0 Å². The lowest BCUT2D eigenvalue weighted by Gasteiger charge is -2.27. The molecule has 1 aliphatic rings. The summed E-state index contributed by atoms with van der Waals surface area (Å²) in [6.45, 7) is 18.7. The van der Waals surface area contributed by atoms with Crippen molar-refractivity contribution in [2.45, 2.75) is 66.2 Å². The first-order valence-corrected chi connectivity index (χ1v) is 19.9. The van der Waals surface area contributed by atoms with Gasteiger partial charge in [-0.15, -0.1) is 0 Å². The van der Waals surface area contributed by atoms with Gasteiger partial charge < -0.3 is 14.5 Å². The van der Waals surface area contributed by atoms with Gasteiger partial charge in [0.05, 0.1) is 17.1 Å². The van der Waals surface area contributed by atoms with E-state index in [4.69, 9.17) is 9.72 Å². The fourth-order valence-electron chi connectivity index (χ4n) is 7.67. The number of rotatable bonds is 8. The van der Waals surface area contributed by atoms with Gasteiger partial charge in [0, 0.05) is 35.4 Å². The standard InChI is InChI=1S/C52H52N4O/c1-36-26-37(2)28-45(27-36)55-35-54(48-22-12-13-23-49(48)55)43-18-14-20-46(33-43)57-47-21-15-19-44(34-47)56(42-16-10-9-11-17-42)50-31-38(24-25-53-50)39-29-40(51(3,4)5)32-41(30-39)52(6,7)8/h9-34H,35H2,1-8H3. The molecule has 0 bridgehead atoms.